The van der Waals surface area contributed by atoms with E-state index in [4.69, 9.17) is 23.2 Å². The largest absolute Gasteiger partial charge is 0.324 e. The average Bonchev–Trinajstić information content (AvgIpc) is 2.92. The lowest BCUT2D eigenvalue weighted by Crippen LogP contribution is -2.14. The van der Waals surface area contributed by atoms with Gasteiger partial charge in [0.15, 0.2) is 0 Å². The maximum Gasteiger partial charge on any atom is 0.234 e. The van der Waals surface area contributed by atoms with Crippen molar-refractivity contribution < 1.29 is 4.79 Å². The minimum Gasteiger partial charge on any atom is -0.324 e. The minimum atomic E-state index is -0.0549. The topological polar surface area (TPSA) is 29.1 Å². The molecule has 0 saturated carbocycles. The lowest BCUT2D eigenvalue weighted by molar-refractivity contribution is -0.113. The van der Waals surface area contributed by atoms with Gasteiger partial charge in [-0.1, -0.05) is 35.3 Å². The second kappa shape index (κ2) is 7.58. The SMILES string of the molecule is O=C(CSCc1csc2ccc(Cl)cc12)Nc1ccccc1Cl. The van der Waals surface area contributed by atoms with E-state index in [1.54, 1.807) is 35.2 Å². The van der Waals surface area contributed by atoms with Gasteiger partial charge in [-0.25, -0.2) is 0 Å². The Morgan fingerprint density at radius 3 is 2.83 bits per heavy atom. The molecule has 0 unspecified atom stereocenters. The number of para-hydroxylation sites is 1. The maximum atomic E-state index is 12.0. The van der Waals surface area contributed by atoms with Crippen LogP contribution in [0.4, 0.5) is 5.69 Å². The first-order chi connectivity index (χ1) is 11.1. The molecule has 1 aromatic heterocycles. The van der Waals surface area contributed by atoms with Crippen LogP contribution >= 0.6 is 46.3 Å². The van der Waals surface area contributed by atoms with Crippen molar-refractivity contribution >= 4 is 68.0 Å². The van der Waals surface area contributed by atoms with Gasteiger partial charge in [0.05, 0.1) is 16.5 Å². The summed E-state index contributed by atoms with van der Waals surface area (Å²) >= 11 is 15.4. The van der Waals surface area contributed by atoms with Crippen LogP contribution in [0, 0.1) is 0 Å². The van der Waals surface area contributed by atoms with Crippen LogP contribution in [-0.2, 0) is 10.5 Å². The monoisotopic (exact) mass is 381 g/mol. The van der Waals surface area contributed by atoms with E-state index >= 15 is 0 Å². The number of benzene rings is 2. The number of amides is 1. The number of rotatable bonds is 5. The van der Waals surface area contributed by atoms with E-state index in [2.05, 4.69) is 10.7 Å². The van der Waals surface area contributed by atoms with Crippen LogP contribution < -0.4 is 5.32 Å². The molecule has 0 spiro atoms. The molecule has 0 atom stereocenters. The molecule has 0 fully saturated rings. The summed E-state index contributed by atoms with van der Waals surface area (Å²) in [6, 6.07) is 13.1. The standard InChI is InChI=1S/C17H13Cl2NOS2/c18-12-5-6-16-13(7-12)11(9-23-16)8-22-10-17(21)20-15-4-2-1-3-14(15)19/h1-7,9H,8,10H2,(H,20,21). The van der Waals surface area contributed by atoms with Gasteiger partial charge in [0.1, 0.15) is 0 Å². The van der Waals surface area contributed by atoms with Gasteiger partial charge >= 0.3 is 0 Å². The van der Waals surface area contributed by atoms with Gasteiger partial charge in [-0.15, -0.1) is 23.1 Å². The van der Waals surface area contributed by atoms with Gasteiger partial charge in [0.2, 0.25) is 5.91 Å². The second-order valence-electron chi connectivity index (χ2n) is 4.92. The second-order valence-corrected chi connectivity index (χ2v) is 7.66. The van der Waals surface area contributed by atoms with Gasteiger partial charge < -0.3 is 5.32 Å². The highest BCUT2D eigenvalue weighted by Crippen LogP contribution is 2.31. The van der Waals surface area contributed by atoms with Crippen molar-refractivity contribution in [3.8, 4) is 0 Å². The molecule has 0 aliphatic heterocycles. The first-order valence-electron chi connectivity index (χ1n) is 6.91. The molecule has 0 radical (unpaired) electrons. The molecule has 23 heavy (non-hydrogen) atoms. The Bertz CT molecular complexity index is 847. The molecule has 0 aliphatic carbocycles. The van der Waals surface area contributed by atoms with E-state index in [0.717, 1.165) is 10.8 Å². The molecule has 0 bridgehead atoms. The minimum absolute atomic E-state index is 0.0549. The van der Waals surface area contributed by atoms with Crippen LogP contribution in [-0.4, -0.2) is 11.7 Å². The molecule has 1 heterocycles. The van der Waals surface area contributed by atoms with Crippen molar-refractivity contribution in [2.75, 3.05) is 11.1 Å². The summed E-state index contributed by atoms with van der Waals surface area (Å²) in [6.45, 7) is 0. The molecule has 3 aromatic rings. The zero-order valence-electron chi connectivity index (χ0n) is 12.0. The van der Waals surface area contributed by atoms with E-state index in [1.165, 1.54) is 15.6 Å². The van der Waals surface area contributed by atoms with Crippen molar-refractivity contribution in [2.24, 2.45) is 0 Å². The Balaban J connectivity index is 1.57. The quantitative estimate of drug-likeness (QED) is 0.579. The van der Waals surface area contributed by atoms with Crippen LogP contribution in [0.25, 0.3) is 10.1 Å². The average molecular weight is 382 g/mol. The van der Waals surface area contributed by atoms with Crippen LogP contribution in [0.3, 0.4) is 0 Å². The molecule has 2 nitrogen and oxygen atoms in total. The Hall–Kier alpha value is -1.20. The van der Waals surface area contributed by atoms with Crippen molar-refractivity contribution in [3.05, 3.63) is 63.5 Å². The number of hydrogen-bond donors (Lipinski definition) is 1. The fraction of sp³-hybridized carbons (Fsp3) is 0.118. The van der Waals surface area contributed by atoms with Crippen LogP contribution in [0.15, 0.2) is 47.8 Å². The third-order valence-electron chi connectivity index (χ3n) is 3.25. The molecule has 6 heteroatoms. The van der Waals surface area contributed by atoms with Crippen molar-refractivity contribution in [1.82, 2.24) is 0 Å². The van der Waals surface area contributed by atoms with Gasteiger partial charge in [0.25, 0.3) is 0 Å². The molecular formula is C17H13Cl2NOS2. The number of fused-ring (bicyclic) bond motifs is 1. The smallest absolute Gasteiger partial charge is 0.234 e. The maximum absolute atomic E-state index is 12.0. The fourth-order valence-corrected chi connectivity index (χ4v) is 4.39. The first-order valence-corrected chi connectivity index (χ1v) is 9.70. The normalized spacial score (nSPS) is 10.9. The summed E-state index contributed by atoms with van der Waals surface area (Å²) < 4.78 is 1.21. The number of hydrogen-bond acceptors (Lipinski definition) is 3. The predicted molar refractivity (Wildman–Crippen MR) is 103 cm³/mol. The van der Waals surface area contributed by atoms with Crippen molar-refractivity contribution in [1.29, 1.82) is 0 Å². The highest BCUT2D eigenvalue weighted by atomic mass is 35.5. The summed E-state index contributed by atoms with van der Waals surface area (Å²) in [7, 11) is 0. The highest BCUT2D eigenvalue weighted by Gasteiger charge is 2.08. The number of halogens is 2. The summed E-state index contributed by atoms with van der Waals surface area (Å²) in [4.78, 5) is 12.0. The van der Waals surface area contributed by atoms with E-state index in [-0.39, 0.29) is 5.91 Å². The Kier molecular flexibility index (Phi) is 5.49. The number of anilines is 1. The third kappa shape index (κ3) is 4.21. The third-order valence-corrected chi connectivity index (χ3v) is 5.81. The zero-order valence-corrected chi connectivity index (χ0v) is 15.2. The molecule has 3 rings (SSSR count). The highest BCUT2D eigenvalue weighted by molar-refractivity contribution is 7.99. The number of thioether (sulfide) groups is 1. The Labute approximate surface area is 152 Å². The van der Waals surface area contributed by atoms with Gasteiger partial charge in [-0.3, -0.25) is 4.79 Å². The summed E-state index contributed by atoms with van der Waals surface area (Å²) in [5.74, 6) is 1.10. The van der Waals surface area contributed by atoms with E-state index in [9.17, 15) is 4.79 Å². The van der Waals surface area contributed by atoms with Gasteiger partial charge in [-0.2, -0.15) is 0 Å². The number of carbonyl (C=O) groups excluding carboxylic acids is 1. The summed E-state index contributed by atoms with van der Waals surface area (Å²) in [5.41, 5.74) is 1.86. The Morgan fingerprint density at radius 1 is 1.17 bits per heavy atom. The molecule has 1 N–H and O–H groups in total. The van der Waals surface area contributed by atoms with Crippen LogP contribution in [0.2, 0.25) is 10.0 Å². The van der Waals surface area contributed by atoms with E-state index in [0.29, 0.717) is 16.5 Å². The number of nitrogens with one attached hydrogen (secondary N) is 1. The van der Waals surface area contributed by atoms with Gasteiger partial charge in [0, 0.05) is 15.5 Å². The van der Waals surface area contributed by atoms with Crippen LogP contribution in [0.5, 0.6) is 0 Å². The molecule has 0 saturated heterocycles. The first kappa shape index (κ1) is 16.7. The van der Waals surface area contributed by atoms with Crippen LogP contribution in [0.1, 0.15) is 5.56 Å². The van der Waals surface area contributed by atoms with Crippen molar-refractivity contribution in [2.45, 2.75) is 5.75 Å². The molecule has 118 valence electrons. The fourth-order valence-electron chi connectivity index (χ4n) is 2.17. The molecule has 1 amide bonds. The Morgan fingerprint density at radius 2 is 2.00 bits per heavy atom. The van der Waals surface area contributed by atoms with E-state index in [1.807, 2.05) is 30.3 Å². The zero-order chi connectivity index (χ0) is 16.2. The molecule has 2 aromatic carbocycles. The molecule has 0 aliphatic rings. The van der Waals surface area contributed by atoms with Crippen molar-refractivity contribution in [3.63, 3.8) is 0 Å². The number of thiophene rings is 1. The van der Waals surface area contributed by atoms with E-state index < -0.39 is 0 Å². The summed E-state index contributed by atoms with van der Waals surface area (Å²) in [5, 5.41) is 7.40. The lowest BCUT2D eigenvalue weighted by Gasteiger charge is -2.06. The predicted octanol–water partition coefficient (Wildman–Crippen LogP) is 6.08. The molecular weight excluding hydrogens is 369 g/mol. The summed E-state index contributed by atoms with van der Waals surface area (Å²) in [6.07, 6.45) is 0. The van der Waals surface area contributed by atoms with Gasteiger partial charge in [-0.05, 0) is 46.7 Å². The number of carbonyl (C=O) groups is 1. The lowest BCUT2D eigenvalue weighted by atomic mass is 10.2.